The summed E-state index contributed by atoms with van der Waals surface area (Å²) in [5, 5.41) is 3.09. The number of hydrogen-bond acceptors (Lipinski definition) is 4. The maximum atomic E-state index is 13.5. The normalized spacial score (nSPS) is 20.7. The maximum absolute atomic E-state index is 13.5. The van der Waals surface area contributed by atoms with Crippen molar-refractivity contribution in [2.75, 3.05) is 30.8 Å². The zero-order chi connectivity index (χ0) is 16.0. The van der Waals surface area contributed by atoms with E-state index in [2.05, 4.69) is 5.32 Å². The fourth-order valence-electron chi connectivity index (χ4n) is 3.38. The van der Waals surface area contributed by atoms with Crippen molar-refractivity contribution in [3.05, 3.63) is 29.6 Å². The molecule has 2 aliphatic heterocycles. The number of hydrogen-bond donors (Lipinski definition) is 1. The van der Waals surface area contributed by atoms with Crippen LogP contribution in [0.3, 0.4) is 0 Å². The summed E-state index contributed by atoms with van der Waals surface area (Å²) in [6, 6.07) is 4.34. The molecule has 0 unspecified atom stereocenters. The molecule has 1 aromatic carbocycles. The molecule has 1 aromatic rings. The Bertz CT molecular complexity index is 711. The quantitative estimate of drug-likeness (QED) is 0.876. The molecule has 0 aliphatic carbocycles. The van der Waals surface area contributed by atoms with Gasteiger partial charge in [0, 0.05) is 18.5 Å². The average Bonchev–Trinajstić information content (AvgIpc) is 2.89. The number of carbonyl (C=O) groups is 1. The van der Waals surface area contributed by atoms with E-state index < -0.39 is 26.3 Å². The van der Waals surface area contributed by atoms with E-state index in [0.717, 1.165) is 11.8 Å². The minimum atomic E-state index is -3.56. The van der Waals surface area contributed by atoms with Crippen LogP contribution in [0.2, 0.25) is 0 Å². The molecule has 0 atom stereocenters. The highest BCUT2D eigenvalue weighted by molar-refractivity contribution is 7.92. The first kappa shape index (κ1) is 15.4. The average molecular weight is 326 g/mol. The molecule has 0 radical (unpaired) electrons. The number of anilines is 1. The van der Waals surface area contributed by atoms with Crippen LogP contribution < -0.4 is 10.2 Å². The molecular formula is C15H19FN2O3S. The summed E-state index contributed by atoms with van der Waals surface area (Å²) in [5.41, 5.74) is 1.39. The van der Waals surface area contributed by atoms with Crippen LogP contribution in [0.4, 0.5) is 10.1 Å². The van der Waals surface area contributed by atoms with Gasteiger partial charge in [0.15, 0.2) is 14.6 Å². The lowest BCUT2D eigenvalue weighted by molar-refractivity contribution is -0.121. The SMILES string of the molecule is CS(=O)(=O)C1(C(=O)N2CCc3ccc(F)cc32)CCNCC1. The summed E-state index contributed by atoms with van der Waals surface area (Å²) in [4.78, 5) is 14.5. The molecule has 1 fully saturated rings. The van der Waals surface area contributed by atoms with E-state index in [1.54, 1.807) is 6.07 Å². The van der Waals surface area contributed by atoms with E-state index >= 15 is 0 Å². The van der Waals surface area contributed by atoms with Crippen molar-refractivity contribution in [1.29, 1.82) is 0 Å². The Morgan fingerprint density at radius 1 is 1.32 bits per heavy atom. The van der Waals surface area contributed by atoms with Crippen molar-refractivity contribution in [2.45, 2.75) is 24.0 Å². The van der Waals surface area contributed by atoms with Crippen LogP contribution in [0.5, 0.6) is 0 Å². The van der Waals surface area contributed by atoms with Crippen molar-refractivity contribution in [3.63, 3.8) is 0 Å². The van der Waals surface area contributed by atoms with Gasteiger partial charge in [0.25, 0.3) is 0 Å². The summed E-state index contributed by atoms with van der Waals surface area (Å²) >= 11 is 0. The molecule has 0 spiro atoms. The summed E-state index contributed by atoms with van der Waals surface area (Å²) in [7, 11) is -3.56. The number of sulfone groups is 1. The number of benzene rings is 1. The first-order valence-electron chi connectivity index (χ1n) is 7.36. The smallest absolute Gasteiger partial charge is 0.248 e. The van der Waals surface area contributed by atoms with Crippen LogP contribution in [0.15, 0.2) is 18.2 Å². The van der Waals surface area contributed by atoms with E-state index in [0.29, 0.717) is 31.7 Å². The van der Waals surface area contributed by atoms with E-state index in [1.165, 1.54) is 17.0 Å². The lowest BCUT2D eigenvalue weighted by atomic mass is 9.95. The third kappa shape index (κ3) is 2.32. The second-order valence-electron chi connectivity index (χ2n) is 6.00. The molecule has 2 heterocycles. The van der Waals surface area contributed by atoms with Gasteiger partial charge in [-0.05, 0) is 50.0 Å². The fraction of sp³-hybridized carbons (Fsp3) is 0.533. The number of carbonyl (C=O) groups excluding carboxylic acids is 1. The lowest BCUT2D eigenvalue weighted by Gasteiger charge is -2.37. The van der Waals surface area contributed by atoms with Gasteiger partial charge in [0.1, 0.15) is 5.82 Å². The second kappa shape index (κ2) is 5.31. The molecule has 2 aliphatic rings. The monoisotopic (exact) mass is 326 g/mol. The van der Waals surface area contributed by atoms with Gasteiger partial charge in [-0.25, -0.2) is 12.8 Å². The molecule has 1 amide bonds. The van der Waals surface area contributed by atoms with E-state index in [4.69, 9.17) is 0 Å². The zero-order valence-corrected chi connectivity index (χ0v) is 13.2. The number of halogens is 1. The van der Waals surface area contributed by atoms with E-state index in [9.17, 15) is 17.6 Å². The molecule has 1 saturated heterocycles. The summed E-state index contributed by atoms with van der Waals surface area (Å²) < 4.78 is 36.8. The number of fused-ring (bicyclic) bond motifs is 1. The molecular weight excluding hydrogens is 307 g/mol. The van der Waals surface area contributed by atoms with Crippen LogP contribution in [-0.2, 0) is 21.1 Å². The molecule has 1 N–H and O–H groups in total. The first-order chi connectivity index (χ1) is 10.3. The lowest BCUT2D eigenvalue weighted by Crippen LogP contribution is -2.58. The highest BCUT2D eigenvalue weighted by Crippen LogP contribution is 2.36. The molecule has 0 bridgehead atoms. The van der Waals surface area contributed by atoms with Gasteiger partial charge in [-0.2, -0.15) is 0 Å². The minimum absolute atomic E-state index is 0.256. The van der Waals surface area contributed by atoms with Gasteiger partial charge in [-0.3, -0.25) is 4.79 Å². The third-order valence-electron chi connectivity index (χ3n) is 4.70. The highest BCUT2D eigenvalue weighted by Gasteiger charge is 2.51. The predicted octanol–water partition coefficient (Wildman–Crippen LogP) is 0.882. The largest absolute Gasteiger partial charge is 0.317 e. The second-order valence-corrected chi connectivity index (χ2v) is 8.32. The van der Waals surface area contributed by atoms with Gasteiger partial charge in [-0.15, -0.1) is 0 Å². The first-order valence-corrected chi connectivity index (χ1v) is 9.25. The molecule has 0 saturated carbocycles. The number of piperidine rings is 1. The van der Waals surface area contributed by atoms with Crippen LogP contribution >= 0.6 is 0 Å². The van der Waals surface area contributed by atoms with Gasteiger partial charge in [-0.1, -0.05) is 6.07 Å². The van der Waals surface area contributed by atoms with Crippen molar-refractivity contribution >= 4 is 21.4 Å². The van der Waals surface area contributed by atoms with Crippen molar-refractivity contribution in [1.82, 2.24) is 5.32 Å². The topological polar surface area (TPSA) is 66.5 Å². The maximum Gasteiger partial charge on any atom is 0.248 e. The Morgan fingerprint density at radius 3 is 2.64 bits per heavy atom. The molecule has 5 nitrogen and oxygen atoms in total. The van der Waals surface area contributed by atoms with Crippen molar-refractivity contribution < 1.29 is 17.6 Å². The standard InChI is InChI=1S/C15H19FN2O3S/c1-22(20,21)15(5-7-17-8-6-15)14(19)18-9-4-11-2-3-12(16)10-13(11)18/h2-3,10,17H,4-9H2,1H3. The van der Waals surface area contributed by atoms with Gasteiger partial charge >= 0.3 is 0 Å². The van der Waals surface area contributed by atoms with Crippen LogP contribution in [0.1, 0.15) is 18.4 Å². The fourth-order valence-corrected chi connectivity index (χ4v) is 4.76. The summed E-state index contributed by atoms with van der Waals surface area (Å²) in [6.45, 7) is 1.38. The number of nitrogens with one attached hydrogen (secondary N) is 1. The predicted molar refractivity (Wildman–Crippen MR) is 82.1 cm³/mol. The van der Waals surface area contributed by atoms with Crippen LogP contribution in [0.25, 0.3) is 0 Å². The van der Waals surface area contributed by atoms with E-state index in [1.807, 2.05) is 0 Å². The molecule has 22 heavy (non-hydrogen) atoms. The number of rotatable bonds is 2. The molecule has 0 aromatic heterocycles. The van der Waals surface area contributed by atoms with Gasteiger partial charge < -0.3 is 10.2 Å². The Hall–Kier alpha value is -1.47. The highest BCUT2D eigenvalue weighted by atomic mass is 32.2. The van der Waals surface area contributed by atoms with Crippen LogP contribution in [-0.4, -0.2) is 45.0 Å². The van der Waals surface area contributed by atoms with Gasteiger partial charge in [0.05, 0.1) is 0 Å². The minimum Gasteiger partial charge on any atom is -0.317 e. The Labute approximate surface area is 129 Å². The number of nitrogens with zero attached hydrogens (tertiary/aromatic N) is 1. The number of amides is 1. The van der Waals surface area contributed by atoms with Gasteiger partial charge in [0.2, 0.25) is 5.91 Å². The van der Waals surface area contributed by atoms with Crippen molar-refractivity contribution in [2.24, 2.45) is 0 Å². The molecule has 7 heteroatoms. The third-order valence-corrected chi connectivity index (χ3v) is 6.70. The Balaban J connectivity index is 2.02. The molecule has 3 rings (SSSR count). The van der Waals surface area contributed by atoms with E-state index in [-0.39, 0.29) is 12.8 Å². The Kier molecular flexibility index (Phi) is 3.72. The molecule has 120 valence electrons. The summed E-state index contributed by atoms with van der Waals surface area (Å²) in [6.07, 6.45) is 2.26. The Morgan fingerprint density at radius 2 is 2.00 bits per heavy atom. The summed E-state index contributed by atoms with van der Waals surface area (Å²) in [5.74, 6) is -0.835. The van der Waals surface area contributed by atoms with Crippen LogP contribution in [0, 0.1) is 5.82 Å². The zero-order valence-electron chi connectivity index (χ0n) is 12.4. The van der Waals surface area contributed by atoms with Crippen molar-refractivity contribution in [3.8, 4) is 0 Å².